The Morgan fingerprint density at radius 3 is 2.60 bits per heavy atom. The number of hydrogen-bond donors (Lipinski definition) is 0. The van der Waals surface area contributed by atoms with Gasteiger partial charge in [0.2, 0.25) is 0 Å². The van der Waals surface area contributed by atoms with Gasteiger partial charge >= 0.3 is 0 Å². The van der Waals surface area contributed by atoms with Crippen LogP contribution in [0.5, 0.6) is 5.75 Å². The highest BCUT2D eigenvalue weighted by Crippen LogP contribution is 2.17. The number of anilines is 1. The summed E-state index contributed by atoms with van der Waals surface area (Å²) in [6.07, 6.45) is 1.71. The number of carbonyl (C=O) groups is 1. The minimum absolute atomic E-state index is 0.000793. The van der Waals surface area contributed by atoms with Gasteiger partial charge in [-0.3, -0.25) is 4.79 Å². The molecule has 6 nitrogen and oxygen atoms in total. The second kappa shape index (κ2) is 7.67. The van der Waals surface area contributed by atoms with Gasteiger partial charge in [0, 0.05) is 26.2 Å². The van der Waals surface area contributed by atoms with E-state index in [1.54, 1.807) is 12.3 Å². The SMILES string of the molecule is Cc1ccccc1OCC(=O)N1CCN(c2ccc(C#N)nc2)CC1. The molecule has 0 radical (unpaired) electrons. The number of nitriles is 1. The van der Waals surface area contributed by atoms with E-state index >= 15 is 0 Å². The summed E-state index contributed by atoms with van der Waals surface area (Å²) in [4.78, 5) is 20.4. The largest absolute Gasteiger partial charge is 0.484 e. The van der Waals surface area contributed by atoms with Crippen LogP contribution in [0, 0.1) is 18.3 Å². The summed E-state index contributed by atoms with van der Waals surface area (Å²) in [6, 6.07) is 13.3. The van der Waals surface area contributed by atoms with Crippen molar-refractivity contribution in [2.24, 2.45) is 0 Å². The molecule has 0 aliphatic carbocycles. The van der Waals surface area contributed by atoms with E-state index in [9.17, 15) is 4.79 Å². The molecule has 25 heavy (non-hydrogen) atoms. The fourth-order valence-corrected chi connectivity index (χ4v) is 2.80. The van der Waals surface area contributed by atoms with Gasteiger partial charge in [0.15, 0.2) is 6.61 Å². The van der Waals surface area contributed by atoms with Gasteiger partial charge < -0.3 is 14.5 Å². The molecule has 1 aromatic carbocycles. The monoisotopic (exact) mass is 336 g/mol. The molecular weight excluding hydrogens is 316 g/mol. The number of hydrogen-bond acceptors (Lipinski definition) is 5. The number of benzene rings is 1. The summed E-state index contributed by atoms with van der Waals surface area (Å²) < 4.78 is 5.64. The summed E-state index contributed by atoms with van der Waals surface area (Å²) in [5.74, 6) is 0.749. The fraction of sp³-hybridized carbons (Fsp3) is 0.316. The van der Waals surface area contributed by atoms with Crippen molar-refractivity contribution in [1.82, 2.24) is 9.88 Å². The number of para-hydroxylation sites is 1. The van der Waals surface area contributed by atoms with Gasteiger partial charge in [-0.2, -0.15) is 5.26 Å². The molecule has 1 amide bonds. The Balaban J connectivity index is 1.50. The Morgan fingerprint density at radius 1 is 1.20 bits per heavy atom. The zero-order chi connectivity index (χ0) is 17.6. The standard InChI is InChI=1S/C19H20N4O2/c1-15-4-2-3-5-18(15)25-14-19(24)23-10-8-22(9-11-23)17-7-6-16(12-20)21-13-17/h2-7,13H,8-11,14H2,1H3. The second-order valence-corrected chi connectivity index (χ2v) is 5.94. The van der Waals surface area contributed by atoms with Crippen LogP contribution in [-0.2, 0) is 4.79 Å². The molecule has 0 bridgehead atoms. The molecule has 0 spiro atoms. The van der Waals surface area contributed by atoms with Crippen LogP contribution in [0.3, 0.4) is 0 Å². The third kappa shape index (κ3) is 4.07. The predicted octanol–water partition coefficient (Wildman–Crippen LogP) is 1.99. The number of carbonyl (C=O) groups excluding carboxylic acids is 1. The van der Waals surface area contributed by atoms with Crippen molar-refractivity contribution in [3.63, 3.8) is 0 Å². The number of aryl methyl sites for hydroxylation is 1. The van der Waals surface area contributed by atoms with E-state index < -0.39 is 0 Å². The normalized spacial score (nSPS) is 14.1. The van der Waals surface area contributed by atoms with Crippen molar-refractivity contribution >= 4 is 11.6 Å². The lowest BCUT2D eigenvalue weighted by Gasteiger charge is -2.35. The Hall–Kier alpha value is -3.07. The van der Waals surface area contributed by atoms with E-state index in [0.29, 0.717) is 18.8 Å². The average Bonchev–Trinajstić information content (AvgIpc) is 2.67. The molecule has 1 saturated heterocycles. The quantitative estimate of drug-likeness (QED) is 0.854. The number of amides is 1. The predicted molar refractivity (Wildman–Crippen MR) is 94.4 cm³/mol. The molecule has 2 aromatic rings. The van der Waals surface area contributed by atoms with Gasteiger partial charge in [0.05, 0.1) is 11.9 Å². The summed E-state index contributed by atoms with van der Waals surface area (Å²) >= 11 is 0. The summed E-state index contributed by atoms with van der Waals surface area (Å²) in [7, 11) is 0. The van der Waals surface area contributed by atoms with E-state index in [2.05, 4.69) is 9.88 Å². The zero-order valence-corrected chi connectivity index (χ0v) is 14.2. The minimum Gasteiger partial charge on any atom is -0.484 e. The van der Waals surface area contributed by atoms with Crippen molar-refractivity contribution in [2.75, 3.05) is 37.7 Å². The first-order chi connectivity index (χ1) is 12.2. The molecule has 0 saturated carbocycles. The van der Waals surface area contributed by atoms with Crippen molar-refractivity contribution in [2.45, 2.75) is 6.92 Å². The molecule has 0 atom stereocenters. The molecule has 0 N–H and O–H groups in total. The smallest absolute Gasteiger partial charge is 0.260 e. The van der Waals surface area contributed by atoms with Crippen LogP contribution in [0.25, 0.3) is 0 Å². The van der Waals surface area contributed by atoms with Crippen LogP contribution in [0.2, 0.25) is 0 Å². The van der Waals surface area contributed by atoms with E-state index in [-0.39, 0.29) is 12.5 Å². The highest BCUT2D eigenvalue weighted by atomic mass is 16.5. The number of ether oxygens (including phenoxy) is 1. The lowest BCUT2D eigenvalue weighted by atomic mass is 10.2. The van der Waals surface area contributed by atoms with Crippen molar-refractivity contribution in [3.8, 4) is 11.8 Å². The Labute approximate surface area is 147 Å². The third-order valence-electron chi connectivity index (χ3n) is 4.30. The van der Waals surface area contributed by atoms with Crippen LogP contribution in [0.1, 0.15) is 11.3 Å². The Kier molecular flexibility index (Phi) is 5.14. The first-order valence-corrected chi connectivity index (χ1v) is 8.24. The lowest BCUT2D eigenvalue weighted by molar-refractivity contribution is -0.133. The minimum atomic E-state index is 0.000793. The first-order valence-electron chi connectivity index (χ1n) is 8.24. The van der Waals surface area contributed by atoms with Crippen molar-refractivity contribution in [1.29, 1.82) is 5.26 Å². The summed E-state index contributed by atoms with van der Waals surface area (Å²) in [5, 5.41) is 8.80. The molecule has 2 heterocycles. The molecule has 1 aromatic heterocycles. The van der Waals surface area contributed by atoms with Crippen molar-refractivity contribution < 1.29 is 9.53 Å². The first kappa shape index (κ1) is 16.8. The maximum atomic E-state index is 12.3. The van der Waals surface area contributed by atoms with E-state index in [1.807, 2.05) is 48.2 Å². The topological polar surface area (TPSA) is 69.5 Å². The Bertz CT molecular complexity index is 775. The van der Waals surface area contributed by atoms with Crippen LogP contribution in [0.15, 0.2) is 42.6 Å². The van der Waals surface area contributed by atoms with E-state index in [4.69, 9.17) is 10.00 Å². The van der Waals surface area contributed by atoms with Gasteiger partial charge in [0.1, 0.15) is 17.5 Å². The number of aromatic nitrogens is 1. The molecule has 1 fully saturated rings. The van der Waals surface area contributed by atoms with E-state index in [1.165, 1.54) is 0 Å². The van der Waals surface area contributed by atoms with Gasteiger partial charge in [0.25, 0.3) is 5.91 Å². The average molecular weight is 336 g/mol. The molecule has 0 unspecified atom stereocenters. The van der Waals surface area contributed by atoms with Gasteiger partial charge in [-0.15, -0.1) is 0 Å². The maximum Gasteiger partial charge on any atom is 0.260 e. The number of nitrogens with zero attached hydrogens (tertiary/aromatic N) is 4. The zero-order valence-electron chi connectivity index (χ0n) is 14.2. The van der Waals surface area contributed by atoms with Gasteiger partial charge in [-0.05, 0) is 30.7 Å². The third-order valence-corrected chi connectivity index (χ3v) is 4.30. The van der Waals surface area contributed by atoms with Crippen LogP contribution in [-0.4, -0.2) is 48.6 Å². The van der Waals surface area contributed by atoms with Crippen LogP contribution in [0.4, 0.5) is 5.69 Å². The lowest BCUT2D eigenvalue weighted by Crippen LogP contribution is -2.50. The molecule has 3 rings (SSSR count). The number of pyridine rings is 1. The van der Waals surface area contributed by atoms with Crippen molar-refractivity contribution in [3.05, 3.63) is 53.9 Å². The molecular formula is C19H20N4O2. The Morgan fingerprint density at radius 2 is 1.96 bits per heavy atom. The van der Waals surface area contributed by atoms with Crippen LogP contribution >= 0.6 is 0 Å². The molecule has 6 heteroatoms. The van der Waals surface area contributed by atoms with E-state index in [0.717, 1.165) is 30.1 Å². The number of piperazine rings is 1. The number of rotatable bonds is 4. The highest BCUT2D eigenvalue weighted by molar-refractivity contribution is 5.78. The molecule has 1 aliphatic rings. The maximum absolute atomic E-state index is 12.3. The molecule has 128 valence electrons. The highest BCUT2D eigenvalue weighted by Gasteiger charge is 2.21. The molecule has 1 aliphatic heterocycles. The second-order valence-electron chi connectivity index (χ2n) is 5.94. The van der Waals surface area contributed by atoms with Crippen LogP contribution < -0.4 is 9.64 Å². The fourth-order valence-electron chi connectivity index (χ4n) is 2.80. The van der Waals surface area contributed by atoms with Gasteiger partial charge in [-0.25, -0.2) is 4.98 Å². The van der Waals surface area contributed by atoms with Gasteiger partial charge in [-0.1, -0.05) is 18.2 Å². The summed E-state index contributed by atoms with van der Waals surface area (Å²) in [6.45, 7) is 4.80. The summed E-state index contributed by atoms with van der Waals surface area (Å²) in [5.41, 5.74) is 2.40.